The molecule has 1 N–H and O–H groups in total. The molecule has 0 spiro atoms. The van der Waals surface area contributed by atoms with Crippen LogP contribution in [0.5, 0.6) is 0 Å². The molecule has 0 amide bonds. The minimum Gasteiger partial charge on any atom is -0.355 e. The second kappa shape index (κ2) is 7.52. The highest BCUT2D eigenvalue weighted by atomic mass is 32.1. The third kappa shape index (κ3) is 4.15. The van der Waals surface area contributed by atoms with E-state index in [1.165, 1.54) is 0 Å². The summed E-state index contributed by atoms with van der Waals surface area (Å²) in [5.41, 5.74) is 4.18. The molecule has 3 aromatic rings. The van der Waals surface area contributed by atoms with Gasteiger partial charge >= 0.3 is 0 Å². The largest absolute Gasteiger partial charge is 0.355 e. The van der Waals surface area contributed by atoms with Crippen LogP contribution in [0, 0.1) is 0 Å². The fourth-order valence-corrected chi connectivity index (χ4v) is 2.56. The van der Waals surface area contributed by atoms with Crippen LogP contribution >= 0.6 is 12.2 Å². The lowest BCUT2D eigenvalue weighted by Gasteiger charge is -2.12. The smallest absolute Gasteiger partial charge is 0.0472 e. The number of benzene rings is 3. The van der Waals surface area contributed by atoms with Gasteiger partial charge in [-0.05, 0) is 29.3 Å². The van der Waals surface area contributed by atoms with E-state index in [1.807, 2.05) is 84.9 Å². The van der Waals surface area contributed by atoms with Gasteiger partial charge in [-0.1, -0.05) is 91.1 Å². The molecule has 23 heavy (non-hydrogen) atoms. The Hall–Kier alpha value is -2.71. The van der Waals surface area contributed by atoms with Crippen LogP contribution in [0.4, 0.5) is 5.69 Å². The average Bonchev–Trinajstić information content (AvgIpc) is 2.63. The van der Waals surface area contributed by atoms with E-state index in [-0.39, 0.29) is 0 Å². The summed E-state index contributed by atoms with van der Waals surface area (Å²) in [7, 11) is 0. The number of hydrogen-bond donors (Lipinski definition) is 1. The molecule has 0 aromatic heterocycles. The van der Waals surface area contributed by atoms with Gasteiger partial charge in [0.15, 0.2) is 0 Å². The van der Waals surface area contributed by atoms with Crippen LogP contribution in [0.1, 0.15) is 11.1 Å². The highest BCUT2D eigenvalue weighted by molar-refractivity contribution is 7.81. The zero-order chi connectivity index (χ0) is 15.9. The number of rotatable bonds is 5. The summed E-state index contributed by atoms with van der Waals surface area (Å²) in [5.74, 6) is 0. The molecule has 0 fully saturated rings. The zero-order valence-electron chi connectivity index (χ0n) is 12.6. The Morgan fingerprint density at radius 3 is 1.70 bits per heavy atom. The summed E-state index contributed by atoms with van der Waals surface area (Å²) < 4.78 is 0. The van der Waals surface area contributed by atoms with E-state index in [2.05, 4.69) is 17.4 Å². The predicted molar refractivity (Wildman–Crippen MR) is 103 cm³/mol. The van der Waals surface area contributed by atoms with E-state index < -0.39 is 0 Å². The van der Waals surface area contributed by atoms with E-state index in [9.17, 15) is 0 Å². The molecule has 3 rings (SSSR count). The second-order valence-electron chi connectivity index (χ2n) is 5.15. The van der Waals surface area contributed by atoms with Gasteiger partial charge in [0.2, 0.25) is 0 Å². The Morgan fingerprint density at radius 2 is 1.13 bits per heavy atom. The molecule has 0 bridgehead atoms. The highest BCUT2D eigenvalue weighted by Gasteiger charge is 2.05. The zero-order valence-corrected chi connectivity index (χ0v) is 13.5. The summed E-state index contributed by atoms with van der Waals surface area (Å²) >= 11 is 5.60. The lowest BCUT2D eigenvalue weighted by molar-refractivity contribution is 1.53. The minimum absolute atomic E-state index is 0.813. The molecule has 0 aliphatic rings. The number of anilines is 1. The maximum Gasteiger partial charge on any atom is 0.0472 e. The van der Waals surface area contributed by atoms with Crippen molar-refractivity contribution < 1.29 is 0 Å². The van der Waals surface area contributed by atoms with E-state index in [4.69, 9.17) is 12.2 Å². The number of allylic oxidation sites excluding steroid dienone is 1. The third-order valence-corrected chi connectivity index (χ3v) is 3.82. The lowest BCUT2D eigenvalue weighted by Crippen LogP contribution is -2.02. The highest BCUT2D eigenvalue weighted by Crippen LogP contribution is 2.19. The minimum atomic E-state index is 0.813. The topological polar surface area (TPSA) is 12.0 Å². The SMILES string of the molecule is S=C(/C=C(\Nc1ccccc1)c1ccccc1)c1ccccc1. The molecule has 0 unspecified atom stereocenters. The quantitative estimate of drug-likeness (QED) is 0.376. The Labute approximate surface area is 142 Å². The summed E-state index contributed by atoms with van der Waals surface area (Å²) in [6.07, 6.45) is 2.02. The van der Waals surface area contributed by atoms with Crippen molar-refractivity contribution in [2.75, 3.05) is 5.32 Å². The number of hydrogen-bond acceptors (Lipinski definition) is 2. The van der Waals surface area contributed by atoms with Gasteiger partial charge in [0.25, 0.3) is 0 Å². The van der Waals surface area contributed by atoms with Crippen molar-refractivity contribution in [1.82, 2.24) is 0 Å². The van der Waals surface area contributed by atoms with Crippen molar-refractivity contribution in [3.8, 4) is 0 Å². The first-order chi connectivity index (χ1) is 11.3. The molecule has 0 heterocycles. The van der Waals surface area contributed by atoms with Crippen molar-refractivity contribution in [3.05, 3.63) is 108 Å². The Morgan fingerprint density at radius 1 is 0.652 bits per heavy atom. The molecule has 0 saturated heterocycles. The first-order valence-corrected chi connectivity index (χ1v) is 7.92. The first kappa shape index (κ1) is 15.2. The maximum atomic E-state index is 5.60. The van der Waals surface area contributed by atoms with Crippen LogP contribution in [0.2, 0.25) is 0 Å². The van der Waals surface area contributed by atoms with Crippen LogP contribution < -0.4 is 5.32 Å². The fraction of sp³-hybridized carbons (Fsp3) is 0. The monoisotopic (exact) mass is 315 g/mol. The van der Waals surface area contributed by atoms with Crippen molar-refractivity contribution in [2.45, 2.75) is 0 Å². The van der Waals surface area contributed by atoms with Gasteiger partial charge in [-0.15, -0.1) is 0 Å². The normalized spacial score (nSPS) is 11.0. The van der Waals surface area contributed by atoms with Crippen molar-refractivity contribution >= 4 is 28.5 Å². The number of para-hydroxylation sites is 1. The molecule has 3 aromatic carbocycles. The maximum absolute atomic E-state index is 5.60. The summed E-state index contributed by atoms with van der Waals surface area (Å²) in [5, 5.41) is 3.47. The Balaban J connectivity index is 1.95. The fourth-order valence-electron chi connectivity index (χ4n) is 2.30. The summed E-state index contributed by atoms with van der Waals surface area (Å²) in [6.45, 7) is 0. The summed E-state index contributed by atoms with van der Waals surface area (Å²) in [4.78, 5) is 0.813. The molecule has 0 radical (unpaired) electrons. The Kier molecular flexibility index (Phi) is 4.97. The molecule has 0 atom stereocenters. The van der Waals surface area contributed by atoms with Crippen LogP contribution in [0.3, 0.4) is 0 Å². The van der Waals surface area contributed by atoms with Gasteiger partial charge < -0.3 is 5.32 Å². The van der Waals surface area contributed by atoms with Crippen molar-refractivity contribution in [3.63, 3.8) is 0 Å². The van der Waals surface area contributed by atoms with Gasteiger partial charge in [0, 0.05) is 16.2 Å². The molecule has 0 saturated carbocycles. The second-order valence-corrected chi connectivity index (χ2v) is 5.59. The molecule has 1 nitrogen and oxygen atoms in total. The van der Waals surface area contributed by atoms with Crippen LogP contribution in [-0.2, 0) is 0 Å². The van der Waals surface area contributed by atoms with Crippen molar-refractivity contribution in [1.29, 1.82) is 0 Å². The molecule has 112 valence electrons. The van der Waals surface area contributed by atoms with E-state index in [1.54, 1.807) is 0 Å². The average molecular weight is 315 g/mol. The molecular weight excluding hydrogens is 298 g/mol. The van der Waals surface area contributed by atoms with E-state index in [0.717, 1.165) is 27.4 Å². The Bertz CT molecular complexity index is 793. The van der Waals surface area contributed by atoms with Crippen LogP contribution in [0.15, 0.2) is 97.1 Å². The lowest BCUT2D eigenvalue weighted by atomic mass is 10.1. The van der Waals surface area contributed by atoms with Gasteiger partial charge in [-0.2, -0.15) is 0 Å². The predicted octanol–water partition coefficient (Wildman–Crippen LogP) is 5.56. The first-order valence-electron chi connectivity index (χ1n) is 7.51. The standard InChI is InChI=1S/C21H17NS/c23-21(18-12-6-2-7-13-18)16-20(17-10-4-1-5-11-17)22-19-14-8-3-9-15-19/h1-16,22H/b20-16-. The molecule has 0 aliphatic carbocycles. The van der Waals surface area contributed by atoms with Crippen LogP contribution in [-0.4, -0.2) is 4.86 Å². The molecule has 2 heteroatoms. The molecular formula is C21H17NS. The van der Waals surface area contributed by atoms with Gasteiger partial charge in [-0.25, -0.2) is 0 Å². The molecule has 0 aliphatic heterocycles. The van der Waals surface area contributed by atoms with Crippen LogP contribution in [0.25, 0.3) is 5.70 Å². The third-order valence-electron chi connectivity index (χ3n) is 3.47. The van der Waals surface area contributed by atoms with E-state index >= 15 is 0 Å². The summed E-state index contributed by atoms with van der Waals surface area (Å²) in [6, 6.07) is 30.4. The number of nitrogens with one attached hydrogen (secondary N) is 1. The van der Waals surface area contributed by atoms with Gasteiger partial charge in [0.05, 0.1) is 0 Å². The van der Waals surface area contributed by atoms with Crippen molar-refractivity contribution in [2.24, 2.45) is 0 Å². The van der Waals surface area contributed by atoms with Gasteiger partial charge in [0.1, 0.15) is 0 Å². The van der Waals surface area contributed by atoms with Gasteiger partial charge in [-0.3, -0.25) is 0 Å². The van der Waals surface area contributed by atoms with E-state index in [0.29, 0.717) is 0 Å². The number of thiocarbonyl (C=S) groups is 1.